The SMILES string of the molecule is NC1=NC(C(F)F)COC1.O=C(Nc1ccc(F)cc1)c1cn2ccccc2n1. The number of nitrogens with zero attached hydrogens (tertiary/aromatic N) is 3. The van der Waals surface area contributed by atoms with Crippen LogP contribution in [0.5, 0.6) is 0 Å². The predicted octanol–water partition coefficient (Wildman–Crippen LogP) is 2.73. The monoisotopic (exact) mass is 405 g/mol. The van der Waals surface area contributed by atoms with Gasteiger partial charge in [0.15, 0.2) is 0 Å². The molecule has 0 bridgehead atoms. The van der Waals surface area contributed by atoms with Crippen LogP contribution in [0.25, 0.3) is 5.65 Å². The van der Waals surface area contributed by atoms with Crippen molar-refractivity contribution in [2.75, 3.05) is 18.5 Å². The van der Waals surface area contributed by atoms with Crippen molar-refractivity contribution < 1.29 is 22.7 Å². The number of amides is 1. The molecular formula is C19H18F3N5O2. The molecule has 1 aromatic carbocycles. The summed E-state index contributed by atoms with van der Waals surface area (Å²) in [6.45, 7) is 0.140. The number of halogens is 3. The lowest BCUT2D eigenvalue weighted by molar-refractivity contribution is 0.0505. The number of alkyl halides is 2. The number of pyridine rings is 1. The fourth-order valence-corrected chi connectivity index (χ4v) is 2.47. The Morgan fingerprint density at radius 2 is 2.00 bits per heavy atom. The van der Waals surface area contributed by atoms with Gasteiger partial charge in [-0.3, -0.25) is 9.79 Å². The number of carbonyl (C=O) groups excluding carboxylic acids is 1. The minimum absolute atomic E-state index is 0.0294. The Balaban J connectivity index is 0.000000204. The Labute approximate surface area is 164 Å². The van der Waals surface area contributed by atoms with Gasteiger partial charge in [0.1, 0.15) is 35.6 Å². The Bertz CT molecular complexity index is 972. The molecule has 0 fully saturated rings. The molecular weight excluding hydrogens is 387 g/mol. The van der Waals surface area contributed by atoms with Crippen molar-refractivity contribution in [1.82, 2.24) is 9.38 Å². The van der Waals surface area contributed by atoms with E-state index in [-0.39, 0.29) is 30.8 Å². The van der Waals surface area contributed by atoms with Crippen LogP contribution in [0.15, 0.2) is 59.9 Å². The highest BCUT2D eigenvalue weighted by Crippen LogP contribution is 2.11. The number of nitrogens with one attached hydrogen (secondary N) is 1. The highest BCUT2D eigenvalue weighted by molar-refractivity contribution is 6.03. The zero-order valence-corrected chi connectivity index (χ0v) is 15.1. The summed E-state index contributed by atoms with van der Waals surface area (Å²) in [7, 11) is 0. The van der Waals surface area contributed by atoms with E-state index in [1.807, 2.05) is 24.4 Å². The van der Waals surface area contributed by atoms with E-state index in [2.05, 4.69) is 15.3 Å². The van der Waals surface area contributed by atoms with Gasteiger partial charge < -0.3 is 20.2 Å². The largest absolute Gasteiger partial charge is 0.386 e. The molecule has 1 aliphatic heterocycles. The number of carbonyl (C=O) groups is 1. The van der Waals surface area contributed by atoms with Crippen molar-refractivity contribution in [3.05, 3.63) is 66.4 Å². The molecule has 152 valence electrons. The minimum Gasteiger partial charge on any atom is -0.386 e. The van der Waals surface area contributed by atoms with Crippen molar-refractivity contribution in [3.63, 3.8) is 0 Å². The van der Waals surface area contributed by atoms with Gasteiger partial charge in [-0.25, -0.2) is 18.2 Å². The highest BCUT2D eigenvalue weighted by Gasteiger charge is 2.22. The molecule has 0 spiro atoms. The fourth-order valence-electron chi connectivity index (χ4n) is 2.47. The third-order valence-corrected chi connectivity index (χ3v) is 3.86. The zero-order valence-electron chi connectivity index (χ0n) is 15.1. The zero-order chi connectivity index (χ0) is 20.8. The molecule has 1 aliphatic rings. The third-order valence-electron chi connectivity index (χ3n) is 3.86. The van der Waals surface area contributed by atoms with E-state index < -0.39 is 12.5 Å². The van der Waals surface area contributed by atoms with Crippen molar-refractivity contribution in [3.8, 4) is 0 Å². The summed E-state index contributed by atoms with van der Waals surface area (Å²) in [5.74, 6) is -0.516. The van der Waals surface area contributed by atoms with Gasteiger partial charge in [-0.05, 0) is 36.4 Å². The van der Waals surface area contributed by atoms with Crippen LogP contribution in [0.3, 0.4) is 0 Å². The number of rotatable bonds is 3. The number of benzene rings is 1. The van der Waals surface area contributed by atoms with E-state index in [9.17, 15) is 18.0 Å². The normalized spacial score (nSPS) is 16.1. The lowest BCUT2D eigenvalue weighted by atomic mass is 10.3. The quantitative estimate of drug-likeness (QED) is 0.701. The van der Waals surface area contributed by atoms with Gasteiger partial charge in [0.25, 0.3) is 12.3 Å². The lowest BCUT2D eigenvalue weighted by Crippen LogP contribution is -2.34. The number of amidine groups is 1. The number of imidazole rings is 1. The topological polar surface area (TPSA) is 94.0 Å². The number of aromatic nitrogens is 2. The molecule has 4 rings (SSSR count). The van der Waals surface area contributed by atoms with Gasteiger partial charge in [0.2, 0.25) is 0 Å². The standard InChI is InChI=1S/C14H10FN3O.C5H8F2N2O/c15-10-4-6-11(7-5-10)16-14(19)12-9-18-8-2-1-3-13(18)17-12;6-5(7)3-1-10-2-4(8)9-3/h1-9H,(H,16,19);3,5H,1-2H2,(H2,8,9). The summed E-state index contributed by atoms with van der Waals surface area (Å²) in [5, 5.41) is 2.66. The van der Waals surface area contributed by atoms with Crippen LogP contribution in [-0.2, 0) is 4.74 Å². The van der Waals surface area contributed by atoms with Crippen LogP contribution in [0.1, 0.15) is 10.5 Å². The molecule has 3 N–H and O–H groups in total. The fraction of sp³-hybridized carbons (Fsp3) is 0.211. The second-order valence-corrected chi connectivity index (χ2v) is 6.09. The number of hydrogen-bond donors (Lipinski definition) is 2. The molecule has 1 unspecified atom stereocenters. The van der Waals surface area contributed by atoms with E-state index in [1.54, 1.807) is 10.6 Å². The summed E-state index contributed by atoms with van der Waals surface area (Å²) in [6, 6.07) is 10.0. The summed E-state index contributed by atoms with van der Waals surface area (Å²) < 4.78 is 42.9. The summed E-state index contributed by atoms with van der Waals surface area (Å²) in [6.07, 6.45) is 0.990. The maximum absolute atomic E-state index is 12.8. The number of ether oxygens (including phenoxy) is 1. The second kappa shape index (κ2) is 9.20. The Morgan fingerprint density at radius 3 is 2.62 bits per heavy atom. The molecule has 0 radical (unpaired) electrons. The van der Waals surface area contributed by atoms with Gasteiger partial charge in [-0.15, -0.1) is 0 Å². The first-order chi connectivity index (χ1) is 13.9. The van der Waals surface area contributed by atoms with Gasteiger partial charge in [0.05, 0.1) is 6.61 Å². The molecule has 1 amide bonds. The van der Waals surface area contributed by atoms with Crippen LogP contribution in [0.2, 0.25) is 0 Å². The van der Waals surface area contributed by atoms with Crippen molar-refractivity contribution in [2.45, 2.75) is 12.5 Å². The van der Waals surface area contributed by atoms with E-state index in [0.717, 1.165) is 0 Å². The molecule has 10 heteroatoms. The van der Waals surface area contributed by atoms with Crippen LogP contribution in [0.4, 0.5) is 18.9 Å². The molecule has 0 aliphatic carbocycles. The molecule has 7 nitrogen and oxygen atoms in total. The molecule has 2 aromatic heterocycles. The first-order valence-corrected chi connectivity index (χ1v) is 8.61. The number of anilines is 1. The van der Waals surface area contributed by atoms with Crippen molar-refractivity contribution in [1.29, 1.82) is 0 Å². The molecule has 29 heavy (non-hydrogen) atoms. The highest BCUT2D eigenvalue weighted by atomic mass is 19.3. The second-order valence-electron chi connectivity index (χ2n) is 6.09. The summed E-state index contributed by atoms with van der Waals surface area (Å²) in [4.78, 5) is 19.7. The van der Waals surface area contributed by atoms with E-state index in [1.165, 1.54) is 24.3 Å². The number of nitrogens with two attached hydrogens (primary N) is 1. The Morgan fingerprint density at radius 1 is 1.24 bits per heavy atom. The van der Waals surface area contributed by atoms with Crippen molar-refractivity contribution in [2.24, 2.45) is 10.7 Å². The van der Waals surface area contributed by atoms with E-state index >= 15 is 0 Å². The summed E-state index contributed by atoms with van der Waals surface area (Å²) >= 11 is 0. The number of hydrogen-bond acceptors (Lipinski definition) is 5. The Kier molecular flexibility index (Phi) is 6.45. The maximum atomic E-state index is 12.8. The summed E-state index contributed by atoms with van der Waals surface area (Å²) in [5.41, 5.74) is 6.70. The third kappa shape index (κ3) is 5.55. The van der Waals surface area contributed by atoms with Crippen LogP contribution < -0.4 is 11.1 Å². The average Bonchev–Trinajstić information content (AvgIpc) is 3.15. The number of aliphatic imine (C=N–C) groups is 1. The molecule has 1 atom stereocenters. The lowest BCUT2D eigenvalue weighted by Gasteiger charge is -2.17. The van der Waals surface area contributed by atoms with Crippen LogP contribution in [0, 0.1) is 5.82 Å². The average molecular weight is 405 g/mol. The molecule has 3 aromatic rings. The first-order valence-electron chi connectivity index (χ1n) is 8.61. The smallest absolute Gasteiger partial charge is 0.275 e. The van der Waals surface area contributed by atoms with Crippen LogP contribution in [-0.4, -0.2) is 46.8 Å². The van der Waals surface area contributed by atoms with E-state index in [0.29, 0.717) is 17.0 Å². The van der Waals surface area contributed by atoms with Gasteiger partial charge in [-0.2, -0.15) is 0 Å². The van der Waals surface area contributed by atoms with E-state index in [4.69, 9.17) is 10.5 Å². The van der Waals surface area contributed by atoms with Crippen molar-refractivity contribution >= 4 is 23.1 Å². The van der Waals surface area contributed by atoms with Gasteiger partial charge >= 0.3 is 0 Å². The maximum Gasteiger partial charge on any atom is 0.275 e. The minimum atomic E-state index is -2.47. The number of fused-ring (bicyclic) bond motifs is 1. The Hall–Kier alpha value is -3.40. The molecule has 3 heterocycles. The predicted molar refractivity (Wildman–Crippen MR) is 102 cm³/mol. The van der Waals surface area contributed by atoms with Crippen LogP contribution >= 0.6 is 0 Å². The first kappa shape index (κ1) is 20.3. The molecule has 0 saturated heterocycles. The van der Waals surface area contributed by atoms with Gasteiger partial charge in [-0.1, -0.05) is 6.07 Å². The van der Waals surface area contributed by atoms with Gasteiger partial charge in [0, 0.05) is 18.1 Å². The molecule has 0 saturated carbocycles.